The molecule has 0 aromatic carbocycles. The molecule has 35 heteroatoms. The fourth-order valence-corrected chi connectivity index (χ4v) is 9.72. The van der Waals surface area contributed by atoms with Gasteiger partial charge in [0.1, 0.15) is 90.5 Å². The van der Waals surface area contributed by atoms with Gasteiger partial charge >= 0.3 is 14.5 Å². The van der Waals surface area contributed by atoms with Crippen LogP contribution in [0.5, 0.6) is 0 Å². The van der Waals surface area contributed by atoms with Gasteiger partial charge in [-0.3, -0.25) is 27.3 Å². The summed E-state index contributed by atoms with van der Waals surface area (Å²) in [6.45, 7) is -6.70. The molecular weight excluding hydrogens is 932 g/mol. The van der Waals surface area contributed by atoms with Crippen molar-refractivity contribution < 1.29 is 72.2 Å². The van der Waals surface area contributed by atoms with Gasteiger partial charge in [0.05, 0.1) is 38.8 Å². The summed E-state index contributed by atoms with van der Waals surface area (Å²) in [6, 6.07) is 0. The number of phosphoric acid groups is 1. The number of nitrogens with zero attached hydrogens (tertiary/aromatic N) is 12. The number of ether oxygens (including phenoxy) is 3. The Morgan fingerprint density at radius 3 is 1.48 bits per heavy atom. The highest BCUT2D eigenvalue weighted by Crippen LogP contribution is 2.53. The molecule has 6 aromatic rings. The Morgan fingerprint density at radius 1 is 0.585 bits per heavy atom. The molecule has 0 aliphatic carbocycles. The van der Waals surface area contributed by atoms with Crippen LogP contribution < -0.4 is 29.5 Å². The second kappa shape index (κ2) is 18.5. The summed E-state index contributed by atoms with van der Waals surface area (Å²) in [5, 5.41) is 54.2. The number of aliphatic hydroxyl groups excluding tert-OH is 5. The summed E-state index contributed by atoms with van der Waals surface area (Å²) in [5.74, 6) is 0.0695. The predicted molar refractivity (Wildman–Crippen MR) is 220 cm³/mol. The van der Waals surface area contributed by atoms with Gasteiger partial charge in [0, 0.05) is 0 Å². The first-order valence-corrected chi connectivity index (χ1v) is 22.5. The molecule has 0 spiro atoms. The minimum absolute atomic E-state index is 0. The number of fused-ring (bicyclic) bond motifs is 3. The molecule has 19 N–H and O–H groups in total. The summed E-state index contributed by atoms with van der Waals surface area (Å²) < 4.78 is 57.1. The highest BCUT2D eigenvalue weighted by Gasteiger charge is 2.52. The Morgan fingerprint density at radius 2 is 0.985 bits per heavy atom. The maximum absolute atomic E-state index is 13.5. The molecule has 0 bridgehead atoms. The molecule has 9 rings (SSSR count). The van der Waals surface area contributed by atoms with Gasteiger partial charge in [0.2, 0.25) is 0 Å². The van der Waals surface area contributed by atoms with Crippen LogP contribution >= 0.6 is 14.5 Å². The third-order valence-corrected chi connectivity index (χ3v) is 13.0. The number of aliphatic hydroxyl groups is 5. The van der Waals surface area contributed by atoms with Gasteiger partial charge in [-0.15, -0.1) is 0 Å². The van der Waals surface area contributed by atoms with E-state index in [0.29, 0.717) is 0 Å². The number of aromatic nitrogens is 12. The van der Waals surface area contributed by atoms with Crippen molar-refractivity contribution in [1.29, 1.82) is 0 Å². The maximum Gasteiger partial charge on any atom is 0.472 e. The second-order valence-electron chi connectivity index (χ2n) is 14.3. The molecule has 14 atom stereocenters. The van der Waals surface area contributed by atoms with E-state index >= 15 is 0 Å². The van der Waals surface area contributed by atoms with Crippen molar-refractivity contribution in [3.8, 4) is 0 Å². The maximum atomic E-state index is 13.5. The first-order valence-electron chi connectivity index (χ1n) is 18.5. The number of rotatable bonds is 14. The molecule has 354 valence electrons. The first-order chi connectivity index (χ1) is 30.1. The standard InChI is InChI=1S/C30H37N15O15P2S.2H3N/c31-22-13-25(37-4-34-22)43(7-40-13)28-19(50)16(47)11(57-28)3-55-62(53,63)60-21-18(49)12(58-30(21)45-9-42-15-24(33)36-6-39-27(15)45)2-54-61(51,52)59-20-17(48)10(1-46)56-29(20)44-8-41-14-23(32)35-5-38-26(14)44;;/h4-12,16-21,28-30,46-50H,1-3H2,(H,51,52)(H,53,63)(H2,31,34,37)(H2,32,35,38)(H2,33,36,39);2*1H3/t10-,11-,12-,16-,17-,18-,19-,20-,21-,28-,29-,30-,62?;;/m1../s1. The van der Waals surface area contributed by atoms with Crippen LogP contribution in [0.25, 0.3) is 33.5 Å². The van der Waals surface area contributed by atoms with Gasteiger partial charge < -0.3 is 83.6 Å². The summed E-state index contributed by atoms with van der Waals surface area (Å²) >= 11 is 5.30. The molecule has 3 saturated heterocycles. The Kier molecular flexibility index (Phi) is 13.7. The van der Waals surface area contributed by atoms with Crippen molar-refractivity contribution in [3.05, 3.63) is 38.0 Å². The lowest BCUT2D eigenvalue weighted by Gasteiger charge is -2.27. The van der Waals surface area contributed by atoms with E-state index in [4.69, 9.17) is 61.3 Å². The van der Waals surface area contributed by atoms with Gasteiger partial charge in [-0.2, -0.15) is 0 Å². The highest BCUT2D eigenvalue weighted by molar-refractivity contribution is 8.07. The molecule has 0 amide bonds. The van der Waals surface area contributed by atoms with Crippen LogP contribution in [-0.2, 0) is 48.7 Å². The summed E-state index contributed by atoms with van der Waals surface area (Å²) in [5.41, 5.74) is 18.6. The number of nitrogens with two attached hydrogens (primary N) is 3. The van der Waals surface area contributed by atoms with Crippen molar-refractivity contribution in [2.75, 3.05) is 37.0 Å². The number of nitrogen functional groups attached to an aromatic ring is 3. The molecule has 3 aliphatic rings. The van der Waals surface area contributed by atoms with E-state index in [1.54, 1.807) is 0 Å². The van der Waals surface area contributed by atoms with Crippen LogP contribution in [0.15, 0.2) is 38.0 Å². The number of phosphoric ester groups is 1. The molecular formula is C30H43N17O15P2S. The largest absolute Gasteiger partial charge is 0.472 e. The topological polar surface area (TPSA) is 502 Å². The van der Waals surface area contributed by atoms with Crippen LogP contribution in [0, 0.1) is 0 Å². The average molecular weight is 976 g/mol. The predicted octanol–water partition coefficient (Wildman–Crippen LogP) is -3.17. The molecule has 3 aliphatic heterocycles. The molecule has 0 saturated carbocycles. The molecule has 0 radical (unpaired) electrons. The smallest absolute Gasteiger partial charge is 0.394 e. The average Bonchev–Trinajstić information content (AvgIpc) is 4.11. The van der Waals surface area contributed by atoms with E-state index in [2.05, 4.69) is 44.9 Å². The van der Waals surface area contributed by atoms with Gasteiger partial charge in [-0.05, 0) is 11.8 Å². The van der Waals surface area contributed by atoms with Crippen LogP contribution in [0.2, 0.25) is 0 Å². The summed E-state index contributed by atoms with van der Waals surface area (Å²) in [4.78, 5) is 58.8. The van der Waals surface area contributed by atoms with Crippen LogP contribution in [0.4, 0.5) is 17.5 Å². The summed E-state index contributed by atoms with van der Waals surface area (Å²) in [6.07, 6.45) is -11.0. The molecule has 2 unspecified atom stereocenters. The van der Waals surface area contributed by atoms with E-state index in [0.717, 1.165) is 12.7 Å². The normalized spacial score (nSPS) is 30.9. The second-order valence-corrected chi connectivity index (χ2v) is 18.5. The summed E-state index contributed by atoms with van der Waals surface area (Å²) in [7, 11) is -5.23. The highest BCUT2D eigenvalue weighted by atomic mass is 32.5. The lowest BCUT2D eigenvalue weighted by molar-refractivity contribution is -0.0624. The number of imidazole rings is 3. The third-order valence-electron chi connectivity index (χ3n) is 10.4. The number of hydrogen-bond donors (Lipinski definition) is 12. The quantitative estimate of drug-likeness (QED) is 0.0479. The Balaban J connectivity index is 0.00000315. The van der Waals surface area contributed by atoms with Gasteiger partial charge in [-0.25, -0.2) is 49.4 Å². The van der Waals surface area contributed by atoms with Crippen LogP contribution in [0.3, 0.4) is 0 Å². The van der Waals surface area contributed by atoms with Gasteiger partial charge in [0.15, 0.2) is 53.1 Å². The SMILES string of the molecule is N.N.Nc1ncnc2c1ncn2[C@@H]1O[C@H](COP(O)(=S)O[C@@H]2[C@H](O)[C@@H](COP(=O)(O)O[C@@H]3[C@H](O)[C@@H](CO)O[C@H]3n3cnc4c(N)ncnc43)O[C@H]2n2cnc3c(N)ncnc32)[C@@H](O)[C@H]1O. The Hall–Kier alpha value is -4.71. The van der Waals surface area contributed by atoms with Crippen LogP contribution in [0.1, 0.15) is 18.7 Å². The fourth-order valence-electron chi connectivity index (χ4n) is 7.37. The Bertz CT molecular complexity index is 2760. The zero-order chi connectivity index (χ0) is 44.5. The lowest BCUT2D eigenvalue weighted by atomic mass is 10.1. The minimum atomic E-state index is -5.23. The van der Waals surface area contributed by atoms with Gasteiger partial charge in [0.25, 0.3) is 0 Å². The Labute approximate surface area is 368 Å². The molecule has 32 nitrogen and oxygen atoms in total. The van der Waals surface area contributed by atoms with E-state index < -0.39 is 108 Å². The molecule has 3 fully saturated rings. The lowest BCUT2D eigenvalue weighted by Crippen LogP contribution is -2.37. The van der Waals surface area contributed by atoms with E-state index in [-0.39, 0.29) is 63.2 Å². The van der Waals surface area contributed by atoms with E-state index in [9.17, 15) is 39.9 Å². The van der Waals surface area contributed by atoms with Gasteiger partial charge in [-0.1, -0.05) is 0 Å². The van der Waals surface area contributed by atoms with E-state index in [1.165, 1.54) is 39.0 Å². The molecule has 9 heterocycles. The minimum Gasteiger partial charge on any atom is -0.394 e. The number of hydrogen-bond acceptors (Lipinski definition) is 28. The van der Waals surface area contributed by atoms with Crippen molar-refractivity contribution in [2.24, 2.45) is 0 Å². The zero-order valence-corrected chi connectivity index (χ0v) is 35.8. The molecule has 65 heavy (non-hydrogen) atoms. The monoisotopic (exact) mass is 975 g/mol. The van der Waals surface area contributed by atoms with Crippen LogP contribution in [-0.4, -0.2) is 169 Å². The third kappa shape index (κ3) is 8.85. The van der Waals surface area contributed by atoms with Crippen molar-refractivity contribution in [1.82, 2.24) is 70.9 Å². The van der Waals surface area contributed by atoms with Crippen molar-refractivity contribution in [2.45, 2.75) is 73.6 Å². The van der Waals surface area contributed by atoms with Crippen molar-refractivity contribution >= 4 is 77.3 Å². The van der Waals surface area contributed by atoms with E-state index in [1.807, 2.05) is 0 Å². The van der Waals surface area contributed by atoms with Crippen molar-refractivity contribution in [3.63, 3.8) is 0 Å². The number of anilines is 3. The zero-order valence-electron chi connectivity index (χ0n) is 33.2. The first kappa shape index (κ1) is 48.2. The molecule has 6 aromatic heterocycles. The fraction of sp³-hybridized carbons (Fsp3) is 0.500.